The Morgan fingerprint density at radius 1 is 1.10 bits per heavy atom. The van der Waals surface area contributed by atoms with Crippen LogP contribution in [-0.2, 0) is 11.0 Å². The first-order chi connectivity index (χ1) is 9.72. The van der Waals surface area contributed by atoms with Gasteiger partial charge in [-0.05, 0) is 42.8 Å². The van der Waals surface area contributed by atoms with Crippen LogP contribution in [-0.4, -0.2) is 17.2 Å². The maximum Gasteiger partial charge on any atom is 0.231 e. The number of fused-ring (bicyclic) bond motifs is 1. The Morgan fingerprint density at radius 2 is 1.85 bits per heavy atom. The van der Waals surface area contributed by atoms with Crippen LogP contribution in [0.25, 0.3) is 0 Å². The molecule has 0 aromatic heterocycles. The molecule has 20 heavy (non-hydrogen) atoms. The molecule has 2 aromatic rings. The van der Waals surface area contributed by atoms with Crippen molar-refractivity contribution in [2.24, 2.45) is 4.40 Å². The van der Waals surface area contributed by atoms with Gasteiger partial charge >= 0.3 is 0 Å². The summed E-state index contributed by atoms with van der Waals surface area (Å²) >= 11 is 0. The largest absolute Gasteiger partial charge is 0.454 e. The van der Waals surface area contributed by atoms with Gasteiger partial charge < -0.3 is 9.47 Å². The van der Waals surface area contributed by atoms with Gasteiger partial charge in [-0.3, -0.25) is 0 Å². The number of hydrogen-bond acceptors (Lipinski definition) is 3. The van der Waals surface area contributed by atoms with E-state index in [-0.39, 0.29) is 6.79 Å². The molecule has 0 aliphatic carbocycles. The van der Waals surface area contributed by atoms with Gasteiger partial charge in [-0.25, -0.2) is 4.21 Å². The smallest absolute Gasteiger partial charge is 0.231 e. The lowest BCUT2D eigenvalue weighted by Crippen LogP contribution is -1.93. The molecular formula is C15H13NO3S. The maximum absolute atomic E-state index is 12.0. The van der Waals surface area contributed by atoms with Crippen molar-refractivity contribution in [3.63, 3.8) is 0 Å². The third-order valence-electron chi connectivity index (χ3n) is 2.92. The summed E-state index contributed by atoms with van der Waals surface area (Å²) in [5.74, 6) is 1.41. The predicted octanol–water partition coefficient (Wildman–Crippen LogP) is 2.87. The minimum Gasteiger partial charge on any atom is -0.454 e. The number of benzene rings is 2. The molecule has 2 aromatic carbocycles. The molecular weight excluding hydrogens is 274 g/mol. The summed E-state index contributed by atoms with van der Waals surface area (Å²) in [6.45, 7) is 2.23. The van der Waals surface area contributed by atoms with Crippen LogP contribution in [0.5, 0.6) is 11.5 Å². The van der Waals surface area contributed by atoms with Gasteiger partial charge in [0.25, 0.3) is 0 Å². The van der Waals surface area contributed by atoms with Gasteiger partial charge in [0.2, 0.25) is 6.79 Å². The Morgan fingerprint density at radius 3 is 2.65 bits per heavy atom. The summed E-state index contributed by atoms with van der Waals surface area (Å²) < 4.78 is 26.6. The molecule has 5 heteroatoms. The molecule has 0 saturated heterocycles. The van der Waals surface area contributed by atoms with Gasteiger partial charge in [0.15, 0.2) is 22.5 Å². The van der Waals surface area contributed by atoms with Crippen molar-refractivity contribution in [3.05, 3.63) is 53.6 Å². The second-order valence-electron chi connectivity index (χ2n) is 4.41. The normalized spacial score (nSPS) is 14.7. The van der Waals surface area contributed by atoms with E-state index in [9.17, 15) is 4.21 Å². The van der Waals surface area contributed by atoms with E-state index in [4.69, 9.17) is 9.47 Å². The van der Waals surface area contributed by atoms with Crippen LogP contribution < -0.4 is 9.47 Å². The molecule has 1 unspecified atom stereocenters. The molecule has 3 rings (SSSR count). The van der Waals surface area contributed by atoms with Gasteiger partial charge in [0.05, 0.1) is 4.90 Å². The number of hydrogen-bond donors (Lipinski definition) is 0. The molecule has 0 N–H and O–H groups in total. The predicted molar refractivity (Wildman–Crippen MR) is 77.7 cm³/mol. The first kappa shape index (κ1) is 12.9. The fourth-order valence-corrected chi connectivity index (χ4v) is 2.53. The van der Waals surface area contributed by atoms with E-state index in [1.165, 1.54) is 0 Å². The molecule has 0 fully saturated rings. The maximum atomic E-state index is 12.0. The average Bonchev–Trinajstić information content (AvgIpc) is 2.93. The standard InChI is InChI=1S/C15H13NO3S/c1-11-2-5-13(6-3-11)20(17)16-9-12-4-7-14-15(8-12)19-10-18-14/h2-9H,10H2,1H3. The molecule has 0 spiro atoms. The van der Waals surface area contributed by atoms with Gasteiger partial charge in [-0.15, -0.1) is 0 Å². The lowest BCUT2D eigenvalue weighted by Gasteiger charge is -1.98. The Hall–Kier alpha value is -2.14. The second kappa shape index (κ2) is 5.46. The van der Waals surface area contributed by atoms with Crippen LogP contribution >= 0.6 is 0 Å². The third-order valence-corrected chi connectivity index (χ3v) is 3.89. The van der Waals surface area contributed by atoms with Crippen molar-refractivity contribution in [1.82, 2.24) is 0 Å². The fraction of sp³-hybridized carbons (Fsp3) is 0.133. The summed E-state index contributed by atoms with van der Waals surface area (Å²) in [4.78, 5) is 0.688. The molecule has 0 radical (unpaired) electrons. The zero-order valence-electron chi connectivity index (χ0n) is 10.9. The lowest BCUT2D eigenvalue weighted by atomic mass is 10.2. The quantitative estimate of drug-likeness (QED) is 0.816. The molecule has 1 aliphatic rings. The van der Waals surface area contributed by atoms with Crippen LogP contribution in [0.15, 0.2) is 51.8 Å². The molecule has 1 heterocycles. The van der Waals surface area contributed by atoms with Crippen LogP contribution in [0.4, 0.5) is 0 Å². The zero-order chi connectivity index (χ0) is 13.9. The first-order valence-corrected chi connectivity index (χ1v) is 7.25. The molecule has 1 aliphatic heterocycles. The summed E-state index contributed by atoms with van der Waals surface area (Å²) in [5, 5.41) is 0. The van der Waals surface area contributed by atoms with Crippen molar-refractivity contribution in [2.75, 3.05) is 6.79 Å². The van der Waals surface area contributed by atoms with Crippen LogP contribution in [0, 0.1) is 6.92 Å². The number of rotatable bonds is 3. The Kier molecular flexibility index (Phi) is 3.52. The Bertz CT molecular complexity index is 680. The minimum absolute atomic E-state index is 0.241. The van der Waals surface area contributed by atoms with Crippen molar-refractivity contribution < 1.29 is 13.7 Å². The first-order valence-electron chi connectivity index (χ1n) is 6.15. The third kappa shape index (κ3) is 2.72. The fourth-order valence-electron chi connectivity index (χ4n) is 1.82. The number of ether oxygens (including phenoxy) is 2. The van der Waals surface area contributed by atoms with E-state index >= 15 is 0 Å². The highest BCUT2D eigenvalue weighted by Gasteiger charge is 2.12. The molecule has 102 valence electrons. The van der Waals surface area contributed by atoms with Crippen molar-refractivity contribution in [3.8, 4) is 11.5 Å². The van der Waals surface area contributed by atoms with Crippen molar-refractivity contribution in [2.45, 2.75) is 11.8 Å². The van der Waals surface area contributed by atoms with Gasteiger partial charge in [-0.1, -0.05) is 17.7 Å². The monoisotopic (exact) mass is 287 g/mol. The van der Waals surface area contributed by atoms with E-state index in [2.05, 4.69) is 4.40 Å². The topological polar surface area (TPSA) is 47.9 Å². The van der Waals surface area contributed by atoms with Gasteiger partial charge in [0.1, 0.15) is 0 Å². The highest BCUT2D eigenvalue weighted by Crippen LogP contribution is 2.32. The van der Waals surface area contributed by atoms with Crippen LogP contribution in [0.1, 0.15) is 11.1 Å². The van der Waals surface area contributed by atoms with E-state index in [1.807, 2.05) is 49.4 Å². The van der Waals surface area contributed by atoms with Crippen molar-refractivity contribution in [1.29, 1.82) is 0 Å². The Labute approximate surface area is 119 Å². The van der Waals surface area contributed by atoms with Crippen molar-refractivity contribution >= 4 is 17.2 Å². The van der Waals surface area contributed by atoms with Crippen LogP contribution in [0.3, 0.4) is 0 Å². The molecule has 4 nitrogen and oxygen atoms in total. The van der Waals surface area contributed by atoms with E-state index in [1.54, 1.807) is 6.21 Å². The summed E-state index contributed by atoms with van der Waals surface area (Å²) in [6, 6.07) is 13.0. The molecule has 0 amide bonds. The SMILES string of the molecule is Cc1ccc(S(=O)N=Cc2ccc3c(c2)OCO3)cc1. The van der Waals surface area contributed by atoms with E-state index < -0.39 is 11.0 Å². The Balaban J connectivity index is 1.76. The van der Waals surface area contributed by atoms with Gasteiger partial charge in [-0.2, -0.15) is 4.40 Å². The zero-order valence-corrected chi connectivity index (χ0v) is 11.7. The summed E-state index contributed by atoms with van der Waals surface area (Å²) in [5.41, 5.74) is 1.96. The van der Waals surface area contributed by atoms with E-state index in [0.29, 0.717) is 10.6 Å². The van der Waals surface area contributed by atoms with Crippen LogP contribution in [0.2, 0.25) is 0 Å². The minimum atomic E-state index is -1.39. The second-order valence-corrected chi connectivity index (χ2v) is 5.59. The van der Waals surface area contributed by atoms with E-state index in [0.717, 1.165) is 16.9 Å². The lowest BCUT2D eigenvalue weighted by molar-refractivity contribution is 0.174. The summed E-state index contributed by atoms with van der Waals surface area (Å²) in [6.07, 6.45) is 1.58. The number of nitrogens with zero attached hydrogens (tertiary/aromatic N) is 1. The highest BCUT2D eigenvalue weighted by atomic mass is 32.2. The highest BCUT2D eigenvalue weighted by molar-refractivity contribution is 7.83. The molecule has 0 bridgehead atoms. The molecule has 0 saturated carbocycles. The van der Waals surface area contributed by atoms with Gasteiger partial charge in [0, 0.05) is 6.21 Å². The molecule has 1 atom stereocenters. The average molecular weight is 287 g/mol. The summed E-state index contributed by atoms with van der Waals surface area (Å²) in [7, 11) is -1.39. The number of aryl methyl sites for hydroxylation is 1.